The Labute approximate surface area is 289 Å². The summed E-state index contributed by atoms with van der Waals surface area (Å²) in [5.74, 6) is -1.86. The van der Waals surface area contributed by atoms with Gasteiger partial charge in [0.15, 0.2) is 0 Å². The van der Waals surface area contributed by atoms with Crippen molar-refractivity contribution in [3.05, 3.63) is 194 Å². The molecule has 7 rings (SSSR count). The Morgan fingerprint density at radius 1 is 0.340 bits per heavy atom. The molecule has 0 bridgehead atoms. The van der Waals surface area contributed by atoms with Crippen molar-refractivity contribution in [2.45, 2.75) is 6.18 Å². The fraction of sp³-hybridized carbons (Fsp3) is 0.0227. The molecule has 7 aromatic carbocycles. The minimum atomic E-state index is -4.92. The Hall–Kier alpha value is -6.40. The molecule has 0 heterocycles. The highest BCUT2D eigenvalue weighted by Crippen LogP contribution is 2.38. The minimum Gasteiger partial charge on any atom is -0.311 e. The lowest BCUT2D eigenvalue weighted by molar-refractivity contribution is -0.0885. The Morgan fingerprint density at radius 3 is 0.860 bits per heavy atom. The molecular weight excluding hydrogens is 629 g/mol. The predicted molar refractivity (Wildman–Crippen MR) is 197 cm³/mol. The molecule has 244 valence electrons. The molecule has 0 saturated heterocycles. The van der Waals surface area contributed by atoms with E-state index in [1.54, 1.807) is 0 Å². The number of halogens is 3. The predicted octanol–water partition coefficient (Wildman–Crippen LogP) is 12.7. The first kappa shape index (κ1) is 32.2. The molecule has 0 saturated carbocycles. The van der Waals surface area contributed by atoms with E-state index in [1.807, 2.05) is 95.9 Å². The first-order valence-electron chi connectivity index (χ1n) is 16.1. The fourth-order valence-corrected chi connectivity index (χ4v) is 6.01. The Balaban J connectivity index is 1.12. The molecule has 0 spiro atoms. The van der Waals surface area contributed by atoms with Crippen LogP contribution < -0.4 is 9.80 Å². The molecule has 0 fully saturated rings. The van der Waals surface area contributed by atoms with Crippen molar-refractivity contribution in [3.63, 3.8) is 0 Å². The van der Waals surface area contributed by atoms with Crippen LogP contribution in [0.3, 0.4) is 0 Å². The van der Waals surface area contributed by atoms with Gasteiger partial charge in [-0.25, -0.2) is 0 Å². The van der Waals surface area contributed by atoms with Crippen LogP contribution in [0.5, 0.6) is 0 Å². The maximum Gasteiger partial charge on any atom is 0.454 e. The van der Waals surface area contributed by atoms with Crippen LogP contribution in [0.1, 0.15) is 10.4 Å². The highest BCUT2D eigenvalue weighted by atomic mass is 19.4. The number of anilines is 6. The van der Waals surface area contributed by atoms with E-state index < -0.39 is 17.5 Å². The van der Waals surface area contributed by atoms with Crippen LogP contribution in [-0.4, -0.2) is 12.0 Å². The third kappa shape index (κ3) is 6.91. The van der Waals surface area contributed by atoms with Crippen molar-refractivity contribution in [3.8, 4) is 22.3 Å². The Bertz CT molecular complexity index is 2130. The van der Waals surface area contributed by atoms with Crippen molar-refractivity contribution < 1.29 is 18.0 Å². The average molecular weight is 661 g/mol. The highest BCUT2D eigenvalue weighted by molar-refractivity contribution is 6.00. The second-order valence-electron chi connectivity index (χ2n) is 11.7. The SMILES string of the molecule is O=C(c1ccc(N(c2ccccc2)c2ccc(-c3ccc(-c4ccc(N(c5ccccc5)c5ccccc5)cc4)cc3)cc2)cc1)C(F)(F)F. The summed E-state index contributed by atoms with van der Waals surface area (Å²) >= 11 is 0. The standard InChI is InChI=1S/C44H31F3N2O/c45-44(46,47)43(50)36-24-30-42(31-25-36)49(39-14-8-3-9-15-39)41-28-22-35(23-29-41)33-18-16-32(17-19-33)34-20-26-40(27-21-34)48(37-10-4-1-5-11-37)38-12-6-2-7-13-38/h1-31H. The van der Waals surface area contributed by atoms with Crippen LogP contribution >= 0.6 is 0 Å². The molecule has 6 heteroatoms. The smallest absolute Gasteiger partial charge is 0.311 e. The summed E-state index contributed by atoms with van der Waals surface area (Å²) in [5.41, 5.74) is 9.43. The number of ketones is 1. The highest BCUT2D eigenvalue weighted by Gasteiger charge is 2.39. The summed E-state index contributed by atoms with van der Waals surface area (Å²) in [6.45, 7) is 0. The van der Waals surface area contributed by atoms with Gasteiger partial charge in [-0.2, -0.15) is 13.2 Å². The number of Topliss-reactive ketones (excluding diaryl/α,β-unsaturated/α-hetero) is 1. The molecule has 0 aromatic heterocycles. The molecule has 0 aliphatic rings. The quantitative estimate of drug-likeness (QED) is 0.144. The molecule has 0 N–H and O–H groups in total. The molecule has 50 heavy (non-hydrogen) atoms. The number of hydrogen-bond acceptors (Lipinski definition) is 3. The number of rotatable bonds is 9. The van der Waals surface area contributed by atoms with Crippen molar-refractivity contribution in [1.82, 2.24) is 0 Å². The molecular formula is C44H31F3N2O. The van der Waals surface area contributed by atoms with E-state index in [-0.39, 0.29) is 0 Å². The molecule has 0 radical (unpaired) electrons. The van der Waals surface area contributed by atoms with Crippen LogP contribution in [0.15, 0.2) is 188 Å². The number of nitrogens with zero attached hydrogens (tertiary/aromatic N) is 2. The topological polar surface area (TPSA) is 23.6 Å². The van der Waals surface area contributed by atoms with E-state index in [2.05, 4.69) is 77.7 Å². The van der Waals surface area contributed by atoms with Crippen molar-refractivity contribution in [1.29, 1.82) is 0 Å². The summed E-state index contributed by atoms with van der Waals surface area (Å²) in [6.07, 6.45) is -4.92. The number of hydrogen-bond donors (Lipinski definition) is 0. The average Bonchev–Trinajstić information content (AvgIpc) is 3.17. The summed E-state index contributed by atoms with van der Waals surface area (Å²) in [5, 5.41) is 0. The van der Waals surface area contributed by atoms with Crippen molar-refractivity contribution in [2.24, 2.45) is 0 Å². The van der Waals surface area contributed by atoms with Crippen molar-refractivity contribution in [2.75, 3.05) is 9.80 Å². The zero-order chi connectivity index (χ0) is 34.5. The van der Waals surface area contributed by atoms with E-state index in [0.717, 1.165) is 50.7 Å². The third-order valence-corrected chi connectivity index (χ3v) is 8.49. The number of benzene rings is 7. The summed E-state index contributed by atoms with van der Waals surface area (Å²) < 4.78 is 39.0. The summed E-state index contributed by atoms with van der Waals surface area (Å²) in [7, 11) is 0. The van der Waals surface area contributed by atoms with Gasteiger partial charge < -0.3 is 9.80 Å². The second-order valence-corrected chi connectivity index (χ2v) is 11.7. The van der Waals surface area contributed by atoms with Gasteiger partial charge in [0.2, 0.25) is 0 Å². The summed E-state index contributed by atoms with van der Waals surface area (Å²) in [6, 6.07) is 60.7. The van der Waals surface area contributed by atoms with Crippen LogP contribution in [-0.2, 0) is 0 Å². The summed E-state index contributed by atoms with van der Waals surface area (Å²) in [4.78, 5) is 15.9. The van der Waals surface area contributed by atoms with Gasteiger partial charge in [-0.1, -0.05) is 103 Å². The molecule has 0 aliphatic carbocycles. The number of carbonyl (C=O) groups excluding carboxylic acids is 1. The second kappa shape index (κ2) is 14.0. The van der Waals surface area contributed by atoms with Gasteiger partial charge in [-0.15, -0.1) is 0 Å². The van der Waals surface area contributed by atoms with Crippen molar-refractivity contribution >= 4 is 39.9 Å². The third-order valence-electron chi connectivity index (χ3n) is 8.49. The van der Waals surface area contributed by atoms with Crippen LogP contribution in [0, 0.1) is 0 Å². The molecule has 0 atom stereocenters. The lowest BCUT2D eigenvalue weighted by Crippen LogP contribution is -2.22. The van der Waals surface area contributed by atoms with E-state index in [1.165, 1.54) is 24.3 Å². The van der Waals surface area contributed by atoms with Gasteiger partial charge in [0.25, 0.3) is 5.78 Å². The van der Waals surface area contributed by atoms with Gasteiger partial charge in [-0.3, -0.25) is 4.79 Å². The molecule has 0 amide bonds. The van der Waals surface area contributed by atoms with Gasteiger partial charge in [0, 0.05) is 39.7 Å². The van der Waals surface area contributed by atoms with Crippen LogP contribution in [0.25, 0.3) is 22.3 Å². The molecule has 7 aromatic rings. The lowest BCUT2D eigenvalue weighted by atomic mass is 9.99. The first-order valence-corrected chi connectivity index (χ1v) is 16.1. The van der Waals surface area contributed by atoms with Gasteiger partial charge in [0.05, 0.1) is 0 Å². The molecule has 3 nitrogen and oxygen atoms in total. The largest absolute Gasteiger partial charge is 0.454 e. The molecule has 0 aliphatic heterocycles. The Morgan fingerprint density at radius 2 is 0.580 bits per heavy atom. The number of carbonyl (C=O) groups is 1. The normalized spacial score (nSPS) is 11.2. The van der Waals surface area contributed by atoms with Crippen LogP contribution in [0.2, 0.25) is 0 Å². The van der Waals surface area contributed by atoms with E-state index >= 15 is 0 Å². The van der Waals surface area contributed by atoms with Gasteiger partial charge >= 0.3 is 6.18 Å². The van der Waals surface area contributed by atoms with E-state index in [4.69, 9.17) is 0 Å². The van der Waals surface area contributed by atoms with Crippen LogP contribution in [0.4, 0.5) is 47.3 Å². The monoisotopic (exact) mass is 660 g/mol. The Kier molecular flexibility index (Phi) is 9.00. The number of alkyl halides is 3. The van der Waals surface area contributed by atoms with E-state index in [0.29, 0.717) is 5.69 Å². The minimum absolute atomic E-state index is 0.398. The number of para-hydroxylation sites is 3. The van der Waals surface area contributed by atoms with Gasteiger partial charge in [0.1, 0.15) is 0 Å². The first-order chi connectivity index (χ1) is 24.3. The maximum absolute atomic E-state index is 13.0. The van der Waals surface area contributed by atoms with Gasteiger partial charge in [-0.05, 0) is 107 Å². The zero-order valence-corrected chi connectivity index (χ0v) is 26.8. The molecule has 0 unspecified atom stereocenters. The zero-order valence-electron chi connectivity index (χ0n) is 26.8. The van der Waals surface area contributed by atoms with E-state index in [9.17, 15) is 18.0 Å². The maximum atomic E-state index is 13.0. The lowest BCUT2D eigenvalue weighted by Gasteiger charge is -2.26. The fourth-order valence-electron chi connectivity index (χ4n) is 6.01.